The monoisotopic (exact) mass is 560 g/mol. The Hall–Kier alpha value is -2.98. The number of benzene rings is 2. The van der Waals surface area contributed by atoms with Crippen LogP contribution in [0.4, 0.5) is 5.69 Å². The normalized spacial score (nSPS) is 16.2. The van der Waals surface area contributed by atoms with Gasteiger partial charge in [-0.3, -0.25) is 14.6 Å². The van der Waals surface area contributed by atoms with Gasteiger partial charge in [-0.2, -0.15) is 0 Å². The second-order valence-electron chi connectivity index (χ2n) is 8.77. The molecule has 0 saturated carbocycles. The second-order valence-corrected chi connectivity index (χ2v) is 11.6. The van der Waals surface area contributed by atoms with E-state index in [1.807, 2.05) is 6.07 Å². The second kappa shape index (κ2) is 12.0. The van der Waals surface area contributed by atoms with Crippen LogP contribution < -0.4 is 10.6 Å². The Labute approximate surface area is 226 Å². The maximum Gasteiger partial charge on any atom is 0.253 e. The van der Waals surface area contributed by atoms with E-state index in [1.165, 1.54) is 10.4 Å². The average Bonchev–Trinajstić information content (AvgIpc) is 2.90. The number of piperidine rings is 1. The first kappa shape index (κ1) is 27.1. The van der Waals surface area contributed by atoms with Crippen LogP contribution in [-0.2, 0) is 27.1 Å². The molecule has 194 valence electrons. The van der Waals surface area contributed by atoms with E-state index >= 15 is 0 Å². The van der Waals surface area contributed by atoms with Gasteiger partial charge in [-0.05, 0) is 54.3 Å². The van der Waals surface area contributed by atoms with Crippen LogP contribution in [-0.4, -0.2) is 42.6 Å². The van der Waals surface area contributed by atoms with Crippen LogP contribution in [0, 0.1) is 5.92 Å². The summed E-state index contributed by atoms with van der Waals surface area (Å²) in [6.07, 6.45) is 4.40. The quantitative estimate of drug-likeness (QED) is 0.421. The van der Waals surface area contributed by atoms with Crippen LogP contribution in [0.25, 0.3) is 0 Å². The summed E-state index contributed by atoms with van der Waals surface area (Å²) in [5.74, 6) is -1.52. The highest BCUT2D eigenvalue weighted by Crippen LogP contribution is 2.27. The molecule has 11 heteroatoms. The molecule has 4 rings (SSSR count). The highest BCUT2D eigenvalue weighted by molar-refractivity contribution is 7.88. The minimum absolute atomic E-state index is 0.0503. The van der Waals surface area contributed by atoms with E-state index in [0.717, 1.165) is 5.56 Å². The van der Waals surface area contributed by atoms with Gasteiger partial charge in [0.2, 0.25) is 15.9 Å². The number of anilines is 1. The fraction of sp³-hybridized carbons (Fsp3) is 0.269. The number of nitrogens with zero attached hydrogens (tertiary/aromatic N) is 2. The molecule has 1 saturated heterocycles. The third kappa shape index (κ3) is 7.07. The molecule has 1 aliphatic rings. The minimum Gasteiger partial charge on any atom is -0.348 e. The molecular formula is C26H26Cl2N4O4S. The van der Waals surface area contributed by atoms with Gasteiger partial charge in [0, 0.05) is 42.1 Å². The molecule has 0 unspecified atom stereocenters. The van der Waals surface area contributed by atoms with E-state index < -0.39 is 15.9 Å². The molecule has 1 aliphatic heterocycles. The molecule has 8 nitrogen and oxygen atoms in total. The van der Waals surface area contributed by atoms with Crippen molar-refractivity contribution >= 4 is 50.7 Å². The lowest BCUT2D eigenvalue weighted by Crippen LogP contribution is -2.44. The molecule has 1 aromatic heterocycles. The van der Waals surface area contributed by atoms with E-state index in [2.05, 4.69) is 15.6 Å². The van der Waals surface area contributed by atoms with E-state index in [0.29, 0.717) is 47.8 Å². The topological polar surface area (TPSA) is 108 Å². The molecule has 1 fully saturated rings. The number of carbonyl (C=O) groups excluding carboxylic acids is 2. The molecule has 0 aliphatic carbocycles. The third-order valence-electron chi connectivity index (χ3n) is 6.11. The number of para-hydroxylation sites is 1. The molecule has 2 amide bonds. The first-order valence-electron chi connectivity index (χ1n) is 11.7. The van der Waals surface area contributed by atoms with Gasteiger partial charge < -0.3 is 10.6 Å². The molecule has 2 heterocycles. The van der Waals surface area contributed by atoms with Gasteiger partial charge in [0.25, 0.3) is 5.91 Å². The van der Waals surface area contributed by atoms with Crippen LogP contribution >= 0.6 is 23.2 Å². The number of hydrogen-bond donors (Lipinski definition) is 2. The summed E-state index contributed by atoms with van der Waals surface area (Å²) < 4.78 is 27.5. The SMILES string of the molecule is O=C(NCc1cccnc1)c1ccccc1NC(=O)[C@H]1CCCN(S(=O)(=O)Cc2ccc(Cl)cc2Cl)C1. The van der Waals surface area contributed by atoms with Crippen molar-refractivity contribution < 1.29 is 18.0 Å². The van der Waals surface area contributed by atoms with Gasteiger partial charge in [0.15, 0.2) is 0 Å². The number of amides is 2. The highest BCUT2D eigenvalue weighted by atomic mass is 35.5. The Kier molecular flexibility index (Phi) is 8.81. The number of pyridine rings is 1. The Morgan fingerprint density at radius 2 is 1.89 bits per heavy atom. The zero-order valence-corrected chi connectivity index (χ0v) is 22.2. The van der Waals surface area contributed by atoms with Crippen LogP contribution in [0.1, 0.15) is 34.3 Å². The lowest BCUT2D eigenvalue weighted by atomic mass is 9.98. The lowest BCUT2D eigenvalue weighted by Gasteiger charge is -2.31. The first-order chi connectivity index (χ1) is 17.7. The van der Waals surface area contributed by atoms with Crippen LogP contribution in [0.3, 0.4) is 0 Å². The van der Waals surface area contributed by atoms with Crippen LogP contribution in [0.15, 0.2) is 67.0 Å². The minimum atomic E-state index is -3.71. The van der Waals surface area contributed by atoms with Crippen molar-refractivity contribution in [2.24, 2.45) is 5.92 Å². The largest absolute Gasteiger partial charge is 0.348 e. The summed E-state index contributed by atoms with van der Waals surface area (Å²) >= 11 is 12.1. The Balaban J connectivity index is 1.41. The van der Waals surface area contributed by atoms with E-state index in [9.17, 15) is 18.0 Å². The Morgan fingerprint density at radius 1 is 1.08 bits per heavy atom. The van der Waals surface area contributed by atoms with Crippen molar-refractivity contribution in [1.29, 1.82) is 0 Å². The predicted molar refractivity (Wildman–Crippen MR) is 144 cm³/mol. The maximum atomic E-state index is 13.1. The van der Waals surface area contributed by atoms with E-state index in [-0.39, 0.29) is 29.1 Å². The highest BCUT2D eigenvalue weighted by Gasteiger charge is 2.33. The van der Waals surface area contributed by atoms with Gasteiger partial charge >= 0.3 is 0 Å². The van der Waals surface area contributed by atoms with Crippen LogP contribution in [0.2, 0.25) is 10.0 Å². The summed E-state index contributed by atoms with van der Waals surface area (Å²) in [5.41, 5.74) is 1.98. The molecule has 2 aromatic carbocycles. The van der Waals surface area contributed by atoms with E-state index in [1.54, 1.807) is 54.9 Å². The van der Waals surface area contributed by atoms with Crippen LogP contribution in [0.5, 0.6) is 0 Å². The van der Waals surface area contributed by atoms with Gasteiger partial charge in [-0.15, -0.1) is 0 Å². The van der Waals surface area contributed by atoms with Crippen molar-refractivity contribution in [1.82, 2.24) is 14.6 Å². The fourth-order valence-corrected chi connectivity index (χ4v) is 6.34. The zero-order chi connectivity index (χ0) is 26.4. The maximum absolute atomic E-state index is 13.1. The molecule has 2 N–H and O–H groups in total. The van der Waals surface area contributed by atoms with E-state index in [4.69, 9.17) is 23.2 Å². The number of carbonyl (C=O) groups is 2. The van der Waals surface area contributed by atoms with Crippen molar-refractivity contribution in [2.45, 2.75) is 25.1 Å². The fourth-order valence-electron chi connectivity index (χ4n) is 4.14. The van der Waals surface area contributed by atoms with Crippen molar-refractivity contribution in [3.8, 4) is 0 Å². The molecule has 3 aromatic rings. The van der Waals surface area contributed by atoms with Crippen molar-refractivity contribution in [2.75, 3.05) is 18.4 Å². The number of aromatic nitrogens is 1. The molecule has 0 radical (unpaired) electrons. The third-order valence-corrected chi connectivity index (χ3v) is 8.49. The molecule has 0 bridgehead atoms. The molecule has 37 heavy (non-hydrogen) atoms. The van der Waals surface area contributed by atoms with Gasteiger partial charge in [-0.1, -0.05) is 47.5 Å². The van der Waals surface area contributed by atoms with Gasteiger partial charge in [0.05, 0.1) is 22.9 Å². The van der Waals surface area contributed by atoms with Crippen molar-refractivity contribution in [3.63, 3.8) is 0 Å². The summed E-state index contributed by atoms with van der Waals surface area (Å²) in [6.45, 7) is 0.668. The van der Waals surface area contributed by atoms with Crippen molar-refractivity contribution in [3.05, 3.63) is 93.7 Å². The first-order valence-corrected chi connectivity index (χ1v) is 14.1. The summed E-state index contributed by atoms with van der Waals surface area (Å²) in [7, 11) is -3.71. The smallest absolute Gasteiger partial charge is 0.253 e. The number of nitrogens with one attached hydrogen (secondary N) is 2. The zero-order valence-electron chi connectivity index (χ0n) is 19.9. The van der Waals surface area contributed by atoms with Gasteiger partial charge in [-0.25, -0.2) is 12.7 Å². The predicted octanol–water partition coefficient (Wildman–Crippen LogP) is 4.50. The Morgan fingerprint density at radius 3 is 2.65 bits per heavy atom. The number of rotatable bonds is 8. The molecule has 0 spiro atoms. The summed E-state index contributed by atoms with van der Waals surface area (Å²) in [6, 6.07) is 15.0. The summed E-state index contributed by atoms with van der Waals surface area (Å²) in [4.78, 5) is 30.0. The standard InChI is InChI=1S/C26H26Cl2N4O4S/c27-21-10-9-20(23(28)13-21)17-37(35,36)32-12-4-6-19(16-32)25(33)31-24-8-2-1-7-22(24)26(34)30-15-18-5-3-11-29-14-18/h1-3,5,7-11,13-14,19H,4,6,12,15-17H2,(H,30,34)(H,31,33)/t19-/m0/s1. The lowest BCUT2D eigenvalue weighted by molar-refractivity contribution is -0.120. The molecule has 1 atom stereocenters. The number of sulfonamides is 1. The summed E-state index contributed by atoms with van der Waals surface area (Å²) in [5, 5.41) is 6.36. The number of hydrogen-bond acceptors (Lipinski definition) is 5. The average molecular weight is 561 g/mol. The Bertz CT molecular complexity index is 1390. The number of halogens is 2. The van der Waals surface area contributed by atoms with Gasteiger partial charge in [0.1, 0.15) is 0 Å². The molecular weight excluding hydrogens is 535 g/mol.